The van der Waals surface area contributed by atoms with Crippen LogP contribution in [0.25, 0.3) is 16.9 Å². The van der Waals surface area contributed by atoms with Gasteiger partial charge in [-0.3, -0.25) is 4.57 Å². The molecule has 92 valence electrons. The predicted molar refractivity (Wildman–Crippen MR) is 75.7 cm³/mol. The third kappa shape index (κ3) is 1.92. The molecule has 0 saturated carbocycles. The lowest BCUT2D eigenvalue weighted by Crippen LogP contribution is -1.95. The Kier molecular flexibility index (Phi) is 2.65. The van der Waals surface area contributed by atoms with Gasteiger partial charge in [0.25, 0.3) is 0 Å². The van der Waals surface area contributed by atoms with Crippen molar-refractivity contribution in [1.82, 2.24) is 14.5 Å². The molecule has 0 unspecified atom stereocenters. The molecule has 5 heteroatoms. The van der Waals surface area contributed by atoms with Gasteiger partial charge in [0.2, 0.25) is 0 Å². The molecule has 0 saturated heterocycles. The maximum Gasteiger partial charge on any atom is 0.183 e. The smallest absolute Gasteiger partial charge is 0.183 e. The molecule has 3 rings (SSSR count). The summed E-state index contributed by atoms with van der Waals surface area (Å²) in [5.74, 6) is 0. The molecule has 0 aliphatic carbocycles. The number of rotatable bonds is 1. The number of nitriles is 1. The van der Waals surface area contributed by atoms with E-state index in [-0.39, 0.29) is 0 Å². The van der Waals surface area contributed by atoms with Gasteiger partial charge in [0.05, 0.1) is 17.1 Å². The minimum absolute atomic E-state index is 0.595. The number of nitrogens with one attached hydrogen (secondary N) is 1. The Bertz CT molecular complexity index is 850. The molecule has 0 atom stereocenters. The Morgan fingerprint density at radius 3 is 2.74 bits per heavy atom. The highest BCUT2D eigenvalue weighted by molar-refractivity contribution is 7.71. The van der Waals surface area contributed by atoms with E-state index in [1.165, 1.54) is 0 Å². The van der Waals surface area contributed by atoms with Crippen LogP contribution < -0.4 is 0 Å². The number of aromatic amines is 1. The fourth-order valence-corrected chi connectivity index (χ4v) is 2.33. The lowest BCUT2D eigenvalue weighted by Gasteiger charge is -2.03. The summed E-state index contributed by atoms with van der Waals surface area (Å²) < 4.78 is 2.46. The topological polar surface area (TPSA) is 57.4 Å². The minimum atomic E-state index is 0.595. The van der Waals surface area contributed by atoms with E-state index in [0.717, 1.165) is 22.4 Å². The molecule has 0 radical (unpaired) electrons. The summed E-state index contributed by atoms with van der Waals surface area (Å²) in [5, 5.41) is 8.82. The van der Waals surface area contributed by atoms with E-state index in [1.54, 1.807) is 12.1 Å². The maximum atomic E-state index is 8.82. The molecule has 0 bridgehead atoms. The first-order valence-corrected chi connectivity index (χ1v) is 6.18. The Hall–Kier alpha value is -2.45. The van der Waals surface area contributed by atoms with Crippen LogP contribution >= 0.6 is 12.2 Å². The molecule has 0 fully saturated rings. The van der Waals surface area contributed by atoms with Crippen molar-refractivity contribution in [2.45, 2.75) is 6.92 Å². The van der Waals surface area contributed by atoms with E-state index < -0.39 is 0 Å². The molecule has 0 aliphatic heterocycles. The SMILES string of the molecule is Cc1cnc2c(c1)[nH]c(=S)n2-c1ccc(C#N)cc1. The summed E-state index contributed by atoms with van der Waals surface area (Å²) >= 11 is 5.34. The zero-order valence-corrected chi connectivity index (χ0v) is 11.0. The van der Waals surface area contributed by atoms with Crippen molar-refractivity contribution in [2.75, 3.05) is 0 Å². The third-order valence-electron chi connectivity index (χ3n) is 2.91. The summed E-state index contributed by atoms with van der Waals surface area (Å²) in [6, 6.07) is 11.4. The number of aryl methyl sites for hydroxylation is 1. The first kappa shape index (κ1) is 11.6. The number of imidazole rings is 1. The Morgan fingerprint density at radius 2 is 2.05 bits per heavy atom. The molecule has 0 amide bonds. The quantitative estimate of drug-likeness (QED) is 0.688. The van der Waals surface area contributed by atoms with Crippen molar-refractivity contribution in [3.8, 4) is 11.8 Å². The van der Waals surface area contributed by atoms with Crippen molar-refractivity contribution < 1.29 is 0 Å². The Balaban J connectivity index is 2.27. The van der Waals surface area contributed by atoms with Gasteiger partial charge < -0.3 is 4.98 Å². The van der Waals surface area contributed by atoms with Crippen LogP contribution in [0.1, 0.15) is 11.1 Å². The number of pyridine rings is 1. The van der Waals surface area contributed by atoms with Crippen molar-refractivity contribution >= 4 is 23.4 Å². The predicted octanol–water partition coefficient (Wildman–Crippen LogP) is 3.26. The summed E-state index contributed by atoms with van der Waals surface area (Å²) in [6.07, 6.45) is 1.81. The number of benzene rings is 1. The summed E-state index contributed by atoms with van der Waals surface area (Å²) in [6.45, 7) is 1.99. The largest absolute Gasteiger partial charge is 0.329 e. The van der Waals surface area contributed by atoms with Gasteiger partial charge in [0.1, 0.15) is 0 Å². The van der Waals surface area contributed by atoms with Crippen molar-refractivity contribution in [2.24, 2.45) is 0 Å². The Morgan fingerprint density at radius 1 is 1.32 bits per heavy atom. The second-order valence-electron chi connectivity index (χ2n) is 4.31. The van der Waals surface area contributed by atoms with Gasteiger partial charge in [-0.05, 0) is 55.0 Å². The van der Waals surface area contributed by atoms with Gasteiger partial charge in [0.15, 0.2) is 10.4 Å². The van der Waals surface area contributed by atoms with Crippen LogP contribution in [0.2, 0.25) is 0 Å². The highest BCUT2D eigenvalue weighted by Gasteiger charge is 2.07. The van der Waals surface area contributed by atoms with Crippen LogP contribution in [-0.2, 0) is 0 Å². The van der Waals surface area contributed by atoms with Gasteiger partial charge in [-0.25, -0.2) is 4.98 Å². The van der Waals surface area contributed by atoms with Gasteiger partial charge in [-0.1, -0.05) is 0 Å². The number of H-pyrrole nitrogens is 1. The average Bonchev–Trinajstić information content (AvgIpc) is 2.74. The minimum Gasteiger partial charge on any atom is -0.329 e. The Labute approximate surface area is 115 Å². The monoisotopic (exact) mass is 266 g/mol. The van der Waals surface area contributed by atoms with Crippen LogP contribution in [0.3, 0.4) is 0 Å². The lowest BCUT2D eigenvalue weighted by atomic mass is 10.2. The highest BCUT2D eigenvalue weighted by Crippen LogP contribution is 2.18. The molecule has 19 heavy (non-hydrogen) atoms. The number of hydrogen-bond donors (Lipinski definition) is 1. The molecular formula is C14H10N4S. The van der Waals surface area contributed by atoms with Crippen LogP contribution in [0.5, 0.6) is 0 Å². The summed E-state index contributed by atoms with van der Waals surface area (Å²) in [7, 11) is 0. The van der Waals surface area contributed by atoms with E-state index in [9.17, 15) is 0 Å². The number of hydrogen-bond acceptors (Lipinski definition) is 3. The van der Waals surface area contributed by atoms with E-state index in [4.69, 9.17) is 17.5 Å². The zero-order chi connectivity index (χ0) is 13.4. The van der Waals surface area contributed by atoms with Crippen LogP contribution in [-0.4, -0.2) is 14.5 Å². The molecule has 1 N–H and O–H groups in total. The van der Waals surface area contributed by atoms with Crippen molar-refractivity contribution in [3.63, 3.8) is 0 Å². The highest BCUT2D eigenvalue weighted by atomic mass is 32.1. The van der Waals surface area contributed by atoms with Crippen molar-refractivity contribution in [1.29, 1.82) is 5.26 Å². The lowest BCUT2D eigenvalue weighted by molar-refractivity contribution is 1.04. The second-order valence-corrected chi connectivity index (χ2v) is 4.69. The molecule has 2 heterocycles. The first-order valence-electron chi connectivity index (χ1n) is 5.77. The fraction of sp³-hybridized carbons (Fsp3) is 0.0714. The zero-order valence-electron chi connectivity index (χ0n) is 10.2. The van der Waals surface area contributed by atoms with E-state index >= 15 is 0 Å². The van der Waals surface area contributed by atoms with Gasteiger partial charge >= 0.3 is 0 Å². The summed E-state index contributed by atoms with van der Waals surface area (Å²) in [5.41, 5.74) is 4.30. The molecule has 2 aromatic heterocycles. The normalized spacial score (nSPS) is 10.5. The molecule has 3 aromatic rings. The van der Waals surface area contributed by atoms with Crippen molar-refractivity contribution in [3.05, 3.63) is 52.4 Å². The van der Waals surface area contributed by atoms with E-state index in [0.29, 0.717) is 10.3 Å². The van der Waals surface area contributed by atoms with Crippen LogP contribution in [0.15, 0.2) is 36.5 Å². The second kappa shape index (κ2) is 4.34. The van der Waals surface area contributed by atoms with E-state index in [2.05, 4.69) is 16.0 Å². The fourth-order valence-electron chi connectivity index (χ4n) is 2.02. The molecular weight excluding hydrogens is 256 g/mol. The number of nitrogens with zero attached hydrogens (tertiary/aromatic N) is 3. The van der Waals surface area contributed by atoms with E-state index in [1.807, 2.05) is 35.9 Å². The van der Waals surface area contributed by atoms with Crippen LogP contribution in [0, 0.1) is 23.0 Å². The first-order chi connectivity index (χ1) is 9.19. The number of fused-ring (bicyclic) bond motifs is 1. The van der Waals surface area contributed by atoms with Crippen LogP contribution in [0.4, 0.5) is 0 Å². The van der Waals surface area contributed by atoms with Gasteiger partial charge in [-0.2, -0.15) is 5.26 Å². The van der Waals surface area contributed by atoms with Gasteiger partial charge in [-0.15, -0.1) is 0 Å². The molecule has 1 aromatic carbocycles. The molecule has 4 nitrogen and oxygen atoms in total. The molecule has 0 aliphatic rings. The van der Waals surface area contributed by atoms with Gasteiger partial charge in [0, 0.05) is 11.9 Å². The standard InChI is InChI=1S/C14H10N4S/c1-9-6-12-13(16-8-9)18(14(19)17-12)11-4-2-10(7-15)3-5-11/h2-6,8H,1H3,(H,17,19). The summed E-state index contributed by atoms with van der Waals surface area (Å²) in [4.78, 5) is 7.57. The third-order valence-corrected chi connectivity index (χ3v) is 3.20. The number of aromatic nitrogens is 3. The average molecular weight is 266 g/mol. The maximum absolute atomic E-state index is 8.82. The molecule has 0 spiro atoms.